The predicted octanol–water partition coefficient (Wildman–Crippen LogP) is 3.61. The van der Waals surface area contributed by atoms with Crippen molar-refractivity contribution in [3.63, 3.8) is 0 Å². The van der Waals surface area contributed by atoms with Crippen LogP contribution in [0.1, 0.15) is 11.1 Å². The average molecular weight is 276 g/mol. The van der Waals surface area contributed by atoms with Gasteiger partial charge in [0.15, 0.2) is 0 Å². The molecule has 106 valence electrons. The van der Waals surface area contributed by atoms with Crippen LogP contribution in [0.4, 0.5) is 0 Å². The van der Waals surface area contributed by atoms with Crippen LogP contribution in [0, 0.1) is 0 Å². The van der Waals surface area contributed by atoms with Crippen LogP contribution in [0.5, 0.6) is 0 Å². The number of hydrogen-bond donors (Lipinski definition) is 1. The zero-order valence-corrected chi connectivity index (χ0v) is 12.3. The highest BCUT2D eigenvalue weighted by Gasteiger charge is 2.10. The molecule has 0 saturated heterocycles. The predicted molar refractivity (Wildman–Crippen MR) is 88.4 cm³/mol. The van der Waals surface area contributed by atoms with Crippen molar-refractivity contribution in [3.8, 4) is 0 Å². The van der Waals surface area contributed by atoms with E-state index in [2.05, 4.69) is 58.8 Å². The van der Waals surface area contributed by atoms with E-state index in [1.165, 1.54) is 21.9 Å². The molecule has 2 heteroatoms. The summed E-state index contributed by atoms with van der Waals surface area (Å²) >= 11 is 0. The topological polar surface area (TPSA) is 24.9 Å². The normalized spacial score (nSPS) is 12.4. The molecule has 1 aromatic heterocycles. The van der Waals surface area contributed by atoms with E-state index in [1.54, 1.807) is 0 Å². The molecular formula is C19H20N2. The summed E-state index contributed by atoms with van der Waals surface area (Å²) in [6.45, 7) is 0. The number of aromatic nitrogens is 1. The largest absolute Gasteiger partial charge is 0.316 e. The Labute approximate surface area is 125 Å². The van der Waals surface area contributed by atoms with Gasteiger partial charge in [0, 0.05) is 18.4 Å². The van der Waals surface area contributed by atoms with Crippen molar-refractivity contribution in [3.05, 3.63) is 78.1 Å². The maximum Gasteiger partial charge on any atom is 0.0300 e. The number of pyridine rings is 1. The number of hydrogen-bond acceptors (Lipinski definition) is 2. The lowest BCUT2D eigenvalue weighted by Gasteiger charge is -2.17. The Morgan fingerprint density at radius 1 is 0.952 bits per heavy atom. The number of nitrogens with one attached hydrogen (secondary N) is 1. The zero-order valence-electron chi connectivity index (χ0n) is 12.3. The Morgan fingerprint density at radius 3 is 2.62 bits per heavy atom. The summed E-state index contributed by atoms with van der Waals surface area (Å²) < 4.78 is 0. The van der Waals surface area contributed by atoms with Crippen molar-refractivity contribution < 1.29 is 0 Å². The van der Waals surface area contributed by atoms with Crippen LogP contribution in [-0.4, -0.2) is 18.1 Å². The van der Waals surface area contributed by atoms with Crippen LogP contribution in [0.2, 0.25) is 0 Å². The molecule has 0 spiro atoms. The second kappa shape index (κ2) is 6.51. The van der Waals surface area contributed by atoms with Crippen molar-refractivity contribution in [1.29, 1.82) is 0 Å². The monoisotopic (exact) mass is 276 g/mol. The maximum absolute atomic E-state index is 4.20. The van der Waals surface area contributed by atoms with Crippen LogP contribution in [0.15, 0.2) is 67.0 Å². The molecule has 0 fully saturated rings. The Kier molecular flexibility index (Phi) is 4.27. The van der Waals surface area contributed by atoms with E-state index in [4.69, 9.17) is 0 Å². The lowest BCUT2D eigenvalue weighted by molar-refractivity contribution is 0.557. The van der Waals surface area contributed by atoms with Gasteiger partial charge in [-0.25, -0.2) is 0 Å². The highest BCUT2D eigenvalue weighted by molar-refractivity contribution is 5.85. The van der Waals surface area contributed by atoms with Gasteiger partial charge >= 0.3 is 0 Å². The summed E-state index contributed by atoms with van der Waals surface area (Å²) in [5.41, 5.74) is 2.67. The fourth-order valence-corrected chi connectivity index (χ4v) is 2.82. The molecule has 0 radical (unpaired) electrons. The minimum Gasteiger partial charge on any atom is -0.316 e. The van der Waals surface area contributed by atoms with E-state index in [0.29, 0.717) is 6.04 Å². The molecule has 0 amide bonds. The van der Waals surface area contributed by atoms with Gasteiger partial charge in [0.2, 0.25) is 0 Å². The molecular weight excluding hydrogens is 256 g/mol. The fourth-order valence-electron chi connectivity index (χ4n) is 2.82. The van der Waals surface area contributed by atoms with E-state index in [-0.39, 0.29) is 0 Å². The quantitative estimate of drug-likeness (QED) is 0.770. The van der Waals surface area contributed by atoms with E-state index in [0.717, 1.165) is 12.8 Å². The minimum atomic E-state index is 0.417. The summed E-state index contributed by atoms with van der Waals surface area (Å²) in [6, 6.07) is 19.7. The standard InChI is InChI=1S/C19H20N2/c1-20-18(12-15-6-5-11-21-14-15)13-17-9-4-8-16-7-2-3-10-19(16)17/h2-11,14,18,20H,12-13H2,1H3. The second-order valence-electron chi connectivity index (χ2n) is 5.39. The molecule has 0 aliphatic heterocycles. The number of likely N-dealkylation sites (N-methyl/N-ethyl adjacent to an activating group) is 1. The molecule has 21 heavy (non-hydrogen) atoms. The number of benzene rings is 2. The minimum absolute atomic E-state index is 0.417. The molecule has 1 heterocycles. The maximum atomic E-state index is 4.20. The highest BCUT2D eigenvalue weighted by Crippen LogP contribution is 2.20. The zero-order chi connectivity index (χ0) is 14.5. The molecule has 1 N–H and O–H groups in total. The summed E-state index contributed by atoms with van der Waals surface area (Å²) in [5, 5.41) is 6.10. The van der Waals surface area contributed by atoms with Crippen LogP contribution in [0.25, 0.3) is 10.8 Å². The first-order chi connectivity index (χ1) is 10.4. The fraction of sp³-hybridized carbons (Fsp3) is 0.211. The van der Waals surface area contributed by atoms with Gasteiger partial charge in [-0.2, -0.15) is 0 Å². The first kappa shape index (κ1) is 13.8. The number of nitrogens with zero attached hydrogens (tertiary/aromatic N) is 1. The highest BCUT2D eigenvalue weighted by atomic mass is 14.9. The Morgan fingerprint density at radius 2 is 1.81 bits per heavy atom. The van der Waals surface area contributed by atoms with Gasteiger partial charge in [-0.15, -0.1) is 0 Å². The van der Waals surface area contributed by atoms with Crippen LogP contribution < -0.4 is 5.32 Å². The first-order valence-corrected chi connectivity index (χ1v) is 7.39. The molecule has 3 aromatic rings. The van der Waals surface area contributed by atoms with E-state index in [9.17, 15) is 0 Å². The third-order valence-electron chi connectivity index (χ3n) is 3.96. The molecule has 0 bridgehead atoms. The Balaban J connectivity index is 1.82. The van der Waals surface area contributed by atoms with Gasteiger partial charge in [0.1, 0.15) is 0 Å². The lowest BCUT2D eigenvalue weighted by atomic mass is 9.96. The third kappa shape index (κ3) is 3.29. The molecule has 2 nitrogen and oxygen atoms in total. The second-order valence-corrected chi connectivity index (χ2v) is 5.39. The Bertz CT molecular complexity index is 702. The van der Waals surface area contributed by atoms with Gasteiger partial charge in [0.25, 0.3) is 0 Å². The first-order valence-electron chi connectivity index (χ1n) is 7.39. The summed E-state index contributed by atoms with van der Waals surface area (Å²) in [5.74, 6) is 0. The number of fused-ring (bicyclic) bond motifs is 1. The van der Waals surface area contributed by atoms with Gasteiger partial charge in [0.05, 0.1) is 0 Å². The third-order valence-corrected chi connectivity index (χ3v) is 3.96. The summed E-state index contributed by atoms with van der Waals surface area (Å²) in [6.07, 6.45) is 5.79. The van der Waals surface area contributed by atoms with Crippen LogP contribution >= 0.6 is 0 Å². The number of rotatable bonds is 5. The van der Waals surface area contributed by atoms with E-state index in [1.807, 2.05) is 25.5 Å². The SMILES string of the molecule is CNC(Cc1cccnc1)Cc1cccc2ccccc12. The van der Waals surface area contributed by atoms with Crippen LogP contribution in [0.3, 0.4) is 0 Å². The van der Waals surface area contributed by atoms with Gasteiger partial charge in [-0.1, -0.05) is 48.5 Å². The Hall–Kier alpha value is -2.19. The van der Waals surface area contributed by atoms with Crippen molar-refractivity contribution in [2.24, 2.45) is 0 Å². The van der Waals surface area contributed by atoms with Gasteiger partial charge < -0.3 is 5.32 Å². The molecule has 3 rings (SSSR count). The smallest absolute Gasteiger partial charge is 0.0300 e. The molecule has 0 aliphatic carbocycles. The van der Waals surface area contributed by atoms with Gasteiger partial charge in [-0.3, -0.25) is 4.98 Å². The van der Waals surface area contributed by atoms with Crippen molar-refractivity contribution in [2.75, 3.05) is 7.05 Å². The summed E-state index contributed by atoms with van der Waals surface area (Å²) in [7, 11) is 2.03. The molecule has 1 atom stereocenters. The van der Waals surface area contributed by atoms with Crippen molar-refractivity contribution in [2.45, 2.75) is 18.9 Å². The molecule has 1 unspecified atom stereocenters. The van der Waals surface area contributed by atoms with Crippen molar-refractivity contribution >= 4 is 10.8 Å². The molecule has 2 aromatic carbocycles. The summed E-state index contributed by atoms with van der Waals surface area (Å²) in [4.78, 5) is 4.20. The lowest BCUT2D eigenvalue weighted by Crippen LogP contribution is -2.30. The van der Waals surface area contributed by atoms with Crippen LogP contribution in [-0.2, 0) is 12.8 Å². The molecule has 0 saturated carbocycles. The van der Waals surface area contributed by atoms with Gasteiger partial charge in [-0.05, 0) is 47.9 Å². The molecule has 0 aliphatic rings. The van der Waals surface area contributed by atoms with E-state index < -0.39 is 0 Å². The van der Waals surface area contributed by atoms with E-state index >= 15 is 0 Å². The van der Waals surface area contributed by atoms with Crippen molar-refractivity contribution in [1.82, 2.24) is 10.3 Å². The average Bonchev–Trinajstić information content (AvgIpc) is 2.55.